The highest BCUT2D eigenvalue weighted by Crippen LogP contribution is 2.35. The van der Waals surface area contributed by atoms with Crippen LogP contribution >= 0.6 is 0 Å². The van der Waals surface area contributed by atoms with Crippen LogP contribution in [0.25, 0.3) is 0 Å². The number of halogens is 2. The fourth-order valence-electron chi connectivity index (χ4n) is 3.68. The molecule has 0 spiro atoms. The quantitative estimate of drug-likeness (QED) is 0.812. The Morgan fingerprint density at radius 2 is 2.07 bits per heavy atom. The first-order valence-corrected chi connectivity index (χ1v) is 9.67. The Hall–Kier alpha value is -2.44. The largest absolute Gasteiger partial charge is 0.444 e. The van der Waals surface area contributed by atoms with E-state index in [1.807, 2.05) is 11.5 Å². The fraction of sp³-hybridized carbons (Fsp3) is 0.524. The van der Waals surface area contributed by atoms with Crippen molar-refractivity contribution < 1.29 is 18.3 Å². The van der Waals surface area contributed by atoms with Gasteiger partial charge in [0.25, 0.3) is 0 Å². The molecule has 0 unspecified atom stereocenters. The summed E-state index contributed by atoms with van der Waals surface area (Å²) >= 11 is 0. The number of nitrogens with one attached hydrogen (secondary N) is 1. The number of aryl methyl sites for hydroxylation is 1. The summed E-state index contributed by atoms with van der Waals surface area (Å²) in [5.41, 5.74) is 0.751. The molecule has 1 aromatic carbocycles. The van der Waals surface area contributed by atoms with Crippen LogP contribution in [0, 0.1) is 11.6 Å². The topological polar surface area (TPSA) is 56.2 Å². The molecule has 2 atom stereocenters. The molecular weight excluding hydrogens is 364 g/mol. The highest BCUT2D eigenvalue weighted by molar-refractivity contribution is 5.68. The van der Waals surface area contributed by atoms with Crippen LogP contribution in [0.15, 0.2) is 24.4 Å². The molecule has 152 valence electrons. The van der Waals surface area contributed by atoms with E-state index in [-0.39, 0.29) is 12.0 Å². The Balaban J connectivity index is 1.90. The zero-order valence-corrected chi connectivity index (χ0v) is 16.8. The second kappa shape index (κ2) is 7.89. The SMILES string of the molecule is CCc1cnc2n1C[C@H](c1cccc(F)c1F)CC[C@H]2NC(=O)OC(C)(C)C. The summed E-state index contributed by atoms with van der Waals surface area (Å²) < 4.78 is 35.6. The summed E-state index contributed by atoms with van der Waals surface area (Å²) in [6, 6.07) is 3.94. The maximum Gasteiger partial charge on any atom is 0.408 e. The van der Waals surface area contributed by atoms with E-state index in [9.17, 15) is 13.6 Å². The number of fused-ring (bicyclic) bond motifs is 1. The van der Waals surface area contributed by atoms with Gasteiger partial charge in [0.15, 0.2) is 11.6 Å². The second-order valence-corrected chi connectivity index (χ2v) is 8.19. The third kappa shape index (κ3) is 4.34. The Labute approximate surface area is 164 Å². The van der Waals surface area contributed by atoms with Gasteiger partial charge in [-0.3, -0.25) is 0 Å². The Kier molecular flexibility index (Phi) is 5.72. The first-order chi connectivity index (χ1) is 13.2. The van der Waals surface area contributed by atoms with Crippen LogP contribution in [0.4, 0.5) is 13.6 Å². The number of ether oxygens (including phenoxy) is 1. The fourth-order valence-corrected chi connectivity index (χ4v) is 3.68. The molecule has 0 fully saturated rings. The molecule has 0 aliphatic carbocycles. The number of benzene rings is 1. The second-order valence-electron chi connectivity index (χ2n) is 8.19. The van der Waals surface area contributed by atoms with Gasteiger partial charge in [-0.2, -0.15) is 0 Å². The molecular formula is C21H27F2N3O2. The number of rotatable bonds is 3. The molecule has 1 aliphatic rings. The molecule has 2 heterocycles. The van der Waals surface area contributed by atoms with Gasteiger partial charge in [0.2, 0.25) is 0 Å². The summed E-state index contributed by atoms with van der Waals surface area (Å²) in [5, 5.41) is 2.89. The van der Waals surface area contributed by atoms with E-state index in [0.717, 1.165) is 24.0 Å². The molecule has 3 rings (SSSR count). The van der Waals surface area contributed by atoms with E-state index in [0.29, 0.717) is 24.9 Å². The van der Waals surface area contributed by atoms with Crippen LogP contribution in [0.5, 0.6) is 0 Å². The summed E-state index contributed by atoms with van der Waals surface area (Å²) in [4.78, 5) is 16.8. The average molecular weight is 391 g/mol. The lowest BCUT2D eigenvalue weighted by molar-refractivity contribution is 0.0498. The van der Waals surface area contributed by atoms with Crippen LogP contribution in [-0.4, -0.2) is 21.2 Å². The molecule has 0 radical (unpaired) electrons. The summed E-state index contributed by atoms with van der Waals surface area (Å²) in [6.45, 7) is 7.92. The van der Waals surface area contributed by atoms with Gasteiger partial charge in [-0.1, -0.05) is 19.1 Å². The first kappa shape index (κ1) is 20.3. The predicted molar refractivity (Wildman–Crippen MR) is 102 cm³/mol. The molecule has 1 N–H and O–H groups in total. The standard InChI is InChI=1S/C21H27F2N3O2/c1-5-14-11-24-19-17(25-20(27)28-21(2,3)4)10-9-13(12-26(14)19)15-7-6-8-16(22)18(15)23/h6-8,11,13,17H,5,9-10,12H2,1-4H3,(H,25,27)/t13-,17-/m1/s1. The van der Waals surface area contributed by atoms with Crippen molar-refractivity contribution >= 4 is 6.09 Å². The number of alkyl carbamates (subject to hydrolysis) is 1. The van der Waals surface area contributed by atoms with E-state index in [1.165, 1.54) is 6.07 Å². The van der Waals surface area contributed by atoms with Gasteiger partial charge in [0.05, 0.1) is 6.04 Å². The lowest BCUT2D eigenvalue weighted by Gasteiger charge is -2.23. The van der Waals surface area contributed by atoms with Crippen molar-refractivity contribution in [1.29, 1.82) is 0 Å². The minimum absolute atomic E-state index is 0.209. The van der Waals surface area contributed by atoms with Crippen molar-refractivity contribution in [3.63, 3.8) is 0 Å². The number of hydrogen-bond donors (Lipinski definition) is 1. The molecule has 1 aliphatic heterocycles. The summed E-state index contributed by atoms with van der Waals surface area (Å²) in [5.74, 6) is -1.13. The van der Waals surface area contributed by atoms with Gasteiger partial charge in [0, 0.05) is 24.4 Å². The minimum atomic E-state index is -0.841. The predicted octanol–water partition coefficient (Wildman–Crippen LogP) is 4.87. The van der Waals surface area contributed by atoms with Crippen molar-refractivity contribution in [3.8, 4) is 0 Å². The number of carbonyl (C=O) groups is 1. The van der Waals surface area contributed by atoms with Gasteiger partial charge in [-0.05, 0) is 51.7 Å². The molecule has 0 saturated heterocycles. The van der Waals surface area contributed by atoms with Gasteiger partial charge < -0.3 is 14.6 Å². The Bertz CT molecular complexity index is 858. The summed E-state index contributed by atoms with van der Waals surface area (Å²) in [6.07, 6.45) is 3.17. The van der Waals surface area contributed by atoms with Crippen LogP contribution in [0.3, 0.4) is 0 Å². The normalized spacial score (nSPS) is 19.6. The van der Waals surface area contributed by atoms with E-state index >= 15 is 0 Å². The zero-order valence-electron chi connectivity index (χ0n) is 16.8. The smallest absolute Gasteiger partial charge is 0.408 e. The van der Waals surface area contributed by atoms with Crippen LogP contribution < -0.4 is 5.32 Å². The van der Waals surface area contributed by atoms with Gasteiger partial charge in [-0.15, -0.1) is 0 Å². The third-order valence-electron chi connectivity index (χ3n) is 4.96. The van der Waals surface area contributed by atoms with Gasteiger partial charge in [-0.25, -0.2) is 18.6 Å². The number of amides is 1. The van der Waals surface area contributed by atoms with Crippen LogP contribution in [-0.2, 0) is 17.7 Å². The van der Waals surface area contributed by atoms with E-state index in [2.05, 4.69) is 10.3 Å². The number of nitrogens with zero attached hydrogens (tertiary/aromatic N) is 2. The molecule has 0 saturated carbocycles. The number of carbonyl (C=O) groups excluding carboxylic acids is 1. The highest BCUT2D eigenvalue weighted by atomic mass is 19.2. The van der Waals surface area contributed by atoms with Crippen molar-refractivity contribution in [3.05, 3.63) is 53.1 Å². The minimum Gasteiger partial charge on any atom is -0.444 e. The number of imidazole rings is 1. The summed E-state index contributed by atoms with van der Waals surface area (Å²) in [7, 11) is 0. The first-order valence-electron chi connectivity index (χ1n) is 9.67. The number of hydrogen-bond acceptors (Lipinski definition) is 3. The van der Waals surface area contributed by atoms with Gasteiger partial charge >= 0.3 is 6.09 Å². The maximum absolute atomic E-state index is 14.4. The van der Waals surface area contributed by atoms with Crippen molar-refractivity contribution in [1.82, 2.24) is 14.9 Å². The Morgan fingerprint density at radius 3 is 2.75 bits per heavy atom. The van der Waals surface area contributed by atoms with Crippen molar-refractivity contribution in [2.45, 2.75) is 71.1 Å². The van der Waals surface area contributed by atoms with E-state index in [4.69, 9.17) is 4.74 Å². The number of aromatic nitrogens is 2. The van der Waals surface area contributed by atoms with Crippen molar-refractivity contribution in [2.24, 2.45) is 0 Å². The molecule has 0 bridgehead atoms. The zero-order chi connectivity index (χ0) is 20.5. The van der Waals surface area contributed by atoms with Crippen LogP contribution in [0.1, 0.15) is 69.6 Å². The highest BCUT2D eigenvalue weighted by Gasteiger charge is 2.31. The van der Waals surface area contributed by atoms with E-state index in [1.54, 1.807) is 33.0 Å². The lowest BCUT2D eigenvalue weighted by Crippen LogP contribution is -2.35. The third-order valence-corrected chi connectivity index (χ3v) is 4.96. The van der Waals surface area contributed by atoms with E-state index < -0.39 is 23.3 Å². The maximum atomic E-state index is 14.4. The van der Waals surface area contributed by atoms with Crippen LogP contribution in [0.2, 0.25) is 0 Å². The molecule has 1 aromatic heterocycles. The molecule has 5 nitrogen and oxygen atoms in total. The molecule has 28 heavy (non-hydrogen) atoms. The monoisotopic (exact) mass is 391 g/mol. The van der Waals surface area contributed by atoms with Crippen molar-refractivity contribution in [2.75, 3.05) is 0 Å². The molecule has 7 heteroatoms. The molecule has 1 amide bonds. The Morgan fingerprint density at radius 1 is 1.32 bits per heavy atom. The average Bonchev–Trinajstić information content (AvgIpc) is 2.92. The van der Waals surface area contributed by atoms with Gasteiger partial charge in [0.1, 0.15) is 11.4 Å². The molecule has 2 aromatic rings. The lowest BCUT2D eigenvalue weighted by atomic mass is 9.93.